The van der Waals surface area contributed by atoms with Crippen LogP contribution in [0.1, 0.15) is 12.5 Å². The lowest BCUT2D eigenvalue weighted by molar-refractivity contribution is 0.568. The summed E-state index contributed by atoms with van der Waals surface area (Å²) in [5, 5.41) is 7.37. The molecule has 1 heterocycles. The van der Waals surface area contributed by atoms with Gasteiger partial charge < -0.3 is 4.42 Å². The molecule has 0 aliphatic heterocycles. The third-order valence-corrected chi connectivity index (χ3v) is 3.78. The fraction of sp³-hybridized carbons (Fsp3) is 0.273. The van der Waals surface area contributed by atoms with Gasteiger partial charge in [-0.25, -0.2) is 8.42 Å². The van der Waals surface area contributed by atoms with Crippen LogP contribution in [0.25, 0.3) is 11.5 Å². The summed E-state index contributed by atoms with van der Waals surface area (Å²) in [7, 11) is -3.30. The highest BCUT2D eigenvalue weighted by molar-refractivity contribution is 7.92. The highest BCUT2D eigenvalue weighted by Gasteiger charge is 2.11. The predicted octanol–water partition coefficient (Wildman–Crippen LogP) is 1.81. The van der Waals surface area contributed by atoms with Crippen molar-refractivity contribution in [2.24, 2.45) is 0 Å². The van der Waals surface area contributed by atoms with Crippen LogP contribution in [-0.2, 0) is 10.0 Å². The van der Waals surface area contributed by atoms with E-state index in [1.54, 1.807) is 25.1 Å². The van der Waals surface area contributed by atoms with Crippen molar-refractivity contribution in [1.82, 2.24) is 10.2 Å². The minimum Gasteiger partial charge on any atom is -0.423 e. The minimum atomic E-state index is -3.30. The van der Waals surface area contributed by atoms with E-state index >= 15 is 0 Å². The number of anilines is 1. The van der Waals surface area contributed by atoms with Gasteiger partial charge in [0.05, 0.1) is 11.4 Å². The van der Waals surface area contributed by atoms with Crippen LogP contribution < -0.4 is 4.72 Å². The van der Waals surface area contributed by atoms with Crippen molar-refractivity contribution in [2.45, 2.75) is 13.8 Å². The lowest BCUT2D eigenvalue weighted by Crippen LogP contribution is -2.15. The molecule has 6 nitrogen and oxygen atoms in total. The topological polar surface area (TPSA) is 85.1 Å². The van der Waals surface area contributed by atoms with Crippen LogP contribution in [0, 0.1) is 6.92 Å². The van der Waals surface area contributed by atoms with Crippen molar-refractivity contribution in [3.8, 4) is 11.5 Å². The third-order valence-electron chi connectivity index (χ3n) is 2.49. The van der Waals surface area contributed by atoms with Crippen LogP contribution in [0.3, 0.4) is 0 Å². The van der Waals surface area contributed by atoms with Gasteiger partial charge in [-0.15, -0.1) is 10.2 Å². The highest BCUT2D eigenvalue weighted by Crippen LogP contribution is 2.24. The van der Waals surface area contributed by atoms with Crippen molar-refractivity contribution < 1.29 is 12.8 Å². The Morgan fingerprint density at radius 3 is 2.78 bits per heavy atom. The number of sulfonamides is 1. The number of hydrogen-bond acceptors (Lipinski definition) is 5. The molecule has 0 atom stereocenters. The number of benzene rings is 1. The molecule has 0 bridgehead atoms. The first-order valence-electron chi connectivity index (χ1n) is 5.39. The molecular weight excluding hydrogens is 254 g/mol. The smallest absolute Gasteiger partial charge is 0.247 e. The maximum absolute atomic E-state index is 11.6. The molecule has 1 aromatic carbocycles. The first-order valence-corrected chi connectivity index (χ1v) is 7.05. The molecule has 0 spiro atoms. The molecule has 0 saturated carbocycles. The van der Waals surface area contributed by atoms with E-state index in [0.717, 1.165) is 5.56 Å². The van der Waals surface area contributed by atoms with Gasteiger partial charge in [-0.3, -0.25) is 4.72 Å². The van der Waals surface area contributed by atoms with Gasteiger partial charge in [0.2, 0.25) is 22.3 Å². The maximum atomic E-state index is 11.6. The molecule has 0 radical (unpaired) electrons. The van der Waals surface area contributed by atoms with Crippen LogP contribution >= 0.6 is 0 Å². The summed E-state index contributed by atoms with van der Waals surface area (Å²) in [5.74, 6) is 0.379. The summed E-state index contributed by atoms with van der Waals surface area (Å²) < 4.78 is 30.7. The molecule has 0 saturated heterocycles. The Kier molecular flexibility index (Phi) is 3.33. The predicted molar refractivity (Wildman–Crippen MR) is 67.6 cm³/mol. The van der Waals surface area contributed by atoms with Crippen LogP contribution in [-0.4, -0.2) is 24.4 Å². The quantitative estimate of drug-likeness (QED) is 0.913. The van der Waals surface area contributed by atoms with Gasteiger partial charge in [-0.05, 0) is 31.5 Å². The molecule has 0 unspecified atom stereocenters. The van der Waals surface area contributed by atoms with E-state index in [4.69, 9.17) is 4.42 Å². The monoisotopic (exact) mass is 267 g/mol. The van der Waals surface area contributed by atoms with E-state index in [0.29, 0.717) is 17.1 Å². The van der Waals surface area contributed by atoms with Crippen molar-refractivity contribution in [3.05, 3.63) is 30.2 Å². The lowest BCUT2D eigenvalue weighted by Gasteiger charge is -2.09. The van der Waals surface area contributed by atoms with Crippen molar-refractivity contribution >= 4 is 15.7 Å². The number of nitrogens with one attached hydrogen (secondary N) is 1. The van der Waals surface area contributed by atoms with E-state index in [-0.39, 0.29) is 5.75 Å². The molecule has 1 aromatic heterocycles. The van der Waals surface area contributed by atoms with Gasteiger partial charge in [0.15, 0.2) is 0 Å². The molecule has 0 aliphatic carbocycles. The summed E-state index contributed by atoms with van der Waals surface area (Å²) in [6, 6.07) is 5.27. The molecule has 0 amide bonds. The first kappa shape index (κ1) is 12.6. The molecule has 2 aromatic rings. The fourth-order valence-electron chi connectivity index (χ4n) is 1.40. The van der Waals surface area contributed by atoms with Gasteiger partial charge in [-0.1, -0.05) is 6.07 Å². The Bertz CT molecular complexity index is 636. The molecule has 0 fully saturated rings. The minimum absolute atomic E-state index is 0.0250. The summed E-state index contributed by atoms with van der Waals surface area (Å²) in [4.78, 5) is 0. The number of aryl methyl sites for hydroxylation is 1. The van der Waals surface area contributed by atoms with Crippen molar-refractivity contribution in [3.63, 3.8) is 0 Å². The zero-order chi connectivity index (χ0) is 13.2. The van der Waals surface area contributed by atoms with Crippen LogP contribution in [0.5, 0.6) is 0 Å². The Hall–Kier alpha value is -1.89. The zero-order valence-corrected chi connectivity index (χ0v) is 10.9. The third kappa shape index (κ3) is 2.67. The number of aromatic nitrogens is 2. The first-order chi connectivity index (χ1) is 8.52. The average Bonchev–Trinajstić information content (AvgIpc) is 2.85. The second-order valence-electron chi connectivity index (χ2n) is 3.78. The standard InChI is InChI=1S/C11H13N3O3S/c1-3-18(15,16)14-10-6-9(5-4-8(10)2)11-13-12-7-17-11/h4-7,14H,3H2,1-2H3. The summed E-state index contributed by atoms with van der Waals surface area (Å²) in [6.07, 6.45) is 1.23. The SMILES string of the molecule is CCS(=O)(=O)Nc1cc(-c2nnco2)ccc1C. The van der Waals surface area contributed by atoms with E-state index in [9.17, 15) is 8.42 Å². The second-order valence-corrected chi connectivity index (χ2v) is 5.79. The Balaban J connectivity index is 2.39. The van der Waals surface area contributed by atoms with Crippen molar-refractivity contribution in [1.29, 1.82) is 0 Å². The number of nitrogens with zero attached hydrogens (tertiary/aromatic N) is 2. The molecule has 7 heteroatoms. The van der Waals surface area contributed by atoms with E-state index in [1.807, 2.05) is 6.92 Å². The normalized spacial score (nSPS) is 11.4. The summed E-state index contributed by atoms with van der Waals surface area (Å²) >= 11 is 0. The lowest BCUT2D eigenvalue weighted by atomic mass is 10.1. The highest BCUT2D eigenvalue weighted by atomic mass is 32.2. The molecule has 2 rings (SSSR count). The van der Waals surface area contributed by atoms with Gasteiger partial charge in [-0.2, -0.15) is 0 Å². The van der Waals surface area contributed by atoms with Crippen LogP contribution in [0.4, 0.5) is 5.69 Å². The van der Waals surface area contributed by atoms with Gasteiger partial charge in [0.1, 0.15) is 0 Å². The Morgan fingerprint density at radius 2 is 2.17 bits per heavy atom. The summed E-state index contributed by atoms with van der Waals surface area (Å²) in [6.45, 7) is 3.41. The number of rotatable bonds is 4. The van der Waals surface area contributed by atoms with Crippen LogP contribution in [0.15, 0.2) is 29.0 Å². The molecule has 96 valence electrons. The van der Waals surface area contributed by atoms with E-state index in [2.05, 4.69) is 14.9 Å². The zero-order valence-electron chi connectivity index (χ0n) is 10.0. The molecule has 1 N–H and O–H groups in total. The van der Waals surface area contributed by atoms with Gasteiger partial charge >= 0.3 is 0 Å². The van der Waals surface area contributed by atoms with Gasteiger partial charge in [0, 0.05) is 5.56 Å². The van der Waals surface area contributed by atoms with E-state index in [1.165, 1.54) is 6.39 Å². The van der Waals surface area contributed by atoms with Crippen LogP contribution in [0.2, 0.25) is 0 Å². The second kappa shape index (κ2) is 4.77. The van der Waals surface area contributed by atoms with Gasteiger partial charge in [0.25, 0.3) is 0 Å². The largest absolute Gasteiger partial charge is 0.423 e. The molecule has 0 aliphatic rings. The Morgan fingerprint density at radius 1 is 1.39 bits per heavy atom. The fourth-order valence-corrected chi connectivity index (χ4v) is 2.10. The summed E-state index contributed by atoms with van der Waals surface area (Å²) in [5.41, 5.74) is 2.02. The van der Waals surface area contributed by atoms with Crippen molar-refractivity contribution in [2.75, 3.05) is 10.5 Å². The molecule has 18 heavy (non-hydrogen) atoms. The number of hydrogen-bond donors (Lipinski definition) is 1. The van der Waals surface area contributed by atoms with E-state index < -0.39 is 10.0 Å². The molecular formula is C11H13N3O3S. The average molecular weight is 267 g/mol. The maximum Gasteiger partial charge on any atom is 0.247 e. The Labute approximate surface area is 105 Å².